The molecule has 0 radical (unpaired) electrons. The SMILES string of the molecule is O=C(c1ccccc1F)N1CCC(c2cc3nc(C(F)(F)F)ccc3[nH]2)CC1. The van der Waals surface area contributed by atoms with E-state index in [2.05, 4.69) is 9.97 Å². The standard InChI is InChI=1S/C20H17F4N3O/c21-14-4-2-1-3-13(14)19(28)27-9-7-12(8-10-27)16-11-17-15(25-16)5-6-18(26-17)20(22,23)24/h1-6,11-12,25H,7-10H2. The van der Waals surface area contributed by atoms with E-state index < -0.39 is 17.7 Å². The molecule has 1 saturated heterocycles. The zero-order chi connectivity index (χ0) is 19.9. The first kappa shape index (κ1) is 18.5. The minimum absolute atomic E-state index is 0.0513. The average molecular weight is 391 g/mol. The van der Waals surface area contributed by atoms with Crippen molar-refractivity contribution < 1.29 is 22.4 Å². The van der Waals surface area contributed by atoms with Gasteiger partial charge in [-0.2, -0.15) is 13.2 Å². The molecule has 3 aromatic rings. The van der Waals surface area contributed by atoms with E-state index in [1.165, 1.54) is 24.3 Å². The second-order valence-corrected chi connectivity index (χ2v) is 6.90. The number of alkyl halides is 3. The van der Waals surface area contributed by atoms with Crippen molar-refractivity contribution in [3.05, 3.63) is 65.2 Å². The fourth-order valence-electron chi connectivity index (χ4n) is 3.61. The molecule has 0 spiro atoms. The van der Waals surface area contributed by atoms with Crippen LogP contribution < -0.4 is 0 Å². The minimum Gasteiger partial charge on any atom is -0.357 e. The Labute approximate surface area is 158 Å². The van der Waals surface area contributed by atoms with Crippen molar-refractivity contribution in [1.29, 1.82) is 0 Å². The predicted molar refractivity (Wildman–Crippen MR) is 95.4 cm³/mol. The number of rotatable bonds is 2. The summed E-state index contributed by atoms with van der Waals surface area (Å²) in [4.78, 5) is 20.9. The zero-order valence-electron chi connectivity index (χ0n) is 14.8. The molecule has 4 nitrogen and oxygen atoms in total. The number of hydrogen-bond acceptors (Lipinski definition) is 2. The van der Waals surface area contributed by atoms with Crippen LogP contribution in [0.5, 0.6) is 0 Å². The molecule has 2 aromatic heterocycles. The van der Waals surface area contributed by atoms with Crippen LogP contribution in [0.4, 0.5) is 17.6 Å². The van der Waals surface area contributed by atoms with Gasteiger partial charge in [0.2, 0.25) is 0 Å². The molecule has 0 bridgehead atoms. The highest BCUT2D eigenvalue weighted by Crippen LogP contribution is 2.32. The highest BCUT2D eigenvalue weighted by Gasteiger charge is 2.33. The Kier molecular flexibility index (Phi) is 4.56. The Morgan fingerprint density at radius 2 is 1.82 bits per heavy atom. The van der Waals surface area contributed by atoms with Gasteiger partial charge in [0.1, 0.15) is 11.5 Å². The number of nitrogens with one attached hydrogen (secondary N) is 1. The maximum absolute atomic E-state index is 13.8. The summed E-state index contributed by atoms with van der Waals surface area (Å²) in [7, 11) is 0. The molecular formula is C20H17F4N3O. The normalized spacial score (nSPS) is 15.9. The van der Waals surface area contributed by atoms with Crippen LogP contribution in [0.25, 0.3) is 11.0 Å². The van der Waals surface area contributed by atoms with Gasteiger partial charge < -0.3 is 9.88 Å². The van der Waals surface area contributed by atoms with E-state index in [1.54, 1.807) is 17.0 Å². The molecule has 0 unspecified atom stereocenters. The summed E-state index contributed by atoms with van der Waals surface area (Å²) >= 11 is 0. The molecule has 1 amide bonds. The van der Waals surface area contributed by atoms with Gasteiger partial charge in [-0.15, -0.1) is 0 Å². The minimum atomic E-state index is -4.48. The van der Waals surface area contributed by atoms with Crippen LogP contribution in [-0.2, 0) is 6.18 Å². The molecule has 0 atom stereocenters. The Hall–Kier alpha value is -2.90. The number of halogens is 4. The van der Waals surface area contributed by atoms with E-state index in [0.717, 1.165) is 11.8 Å². The van der Waals surface area contributed by atoms with Gasteiger partial charge in [-0.3, -0.25) is 4.79 Å². The van der Waals surface area contributed by atoms with Gasteiger partial charge >= 0.3 is 6.18 Å². The summed E-state index contributed by atoms with van der Waals surface area (Å²) in [6, 6.07) is 9.85. The first-order chi connectivity index (χ1) is 13.3. The lowest BCUT2D eigenvalue weighted by Gasteiger charge is -2.31. The van der Waals surface area contributed by atoms with Crippen LogP contribution in [0.3, 0.4) is 0 Å². The largest absolute Gasteiger partial charge is 0.433 e. The monoisotopic (exact) mass is 391 g/mol. The maximum atomic E-state index is 13.8. The molecule has 4 rings (SSSR count). The molecule has 0 saturated carbocycles. The molecule has 1 aliphatic heterocycles. The number of nitrogens with zero attached hydrogens (tertiary/aromatic N) is 2. The van der Waals surface area contributed by atoms with Gasteiger partial charge in [0.25, 0.3) is 5.91 Å². The van der Waals surface area contributed by atoms with Crippen molar-refractivity contribution >= 4 is 16.9 Å². The van der Waals surface area contributed by atoms with E-state index in [0.29, 0.717) is 31.4 Å². The lowest BCUT2D eigenvalue weighted by atomic mass is 9.93. The number of aromatic amines is 1. The van der Waals surface area contributed by atoms with Crippen LogP contribution in [0.2, 0.25) is 0 Å². The molecule has 8 heteroatoms. The summed E-state index contributed by atoms with van der Waals surface area (Å²) in [5.74, 6) is -0.810. The first-order valence-corrected chi connectivity index (χ1v) is 8.93. The smallest absolute Gasteiger partial charge is 0.357 e. The Morgan fingerprint density at radius 1 is 1.11 bits per heavy atom. The first-order valence-electron chi connectivity index (χ1n) is 8.93. The molecule has 1 fully saturated rings. The number of aromatic nitrogens is 2. The van der Waals surface area contributed by atoms with E-state index in [4.69, 9.17) is 0 Å². The van der Waals surface area contributed by atoms with E-state index in [9.17, 15) is 22.4 Å². The molecule has 146 valence electrons. The number of pyridine rings is 1. The number of piperidine rings is 1. The predicted octanol–water partition coefficient (Wildman–Crippen LogP) is 4.74. The van der Waals surface area contributed by atoms with Gasteiger partial charge in [-0.1, -0.05) is 12.1 Å². The Balaban J connectivity index is 1.48. The quantitative estimate of drug-likeness (QED) is 0.642. The van der Waals surface area contributed by atoms with Crippen LogP contribution in [0, 0.1) is 5.82 Å². The number of carbonyl (C=O) groups is 1. The second kappa shape index (κ2) is 6.92. The summed E-state index contributed by atoms with van der Waals surface area (Å²) in [6.45, 7) is 0.906. The zero-order valence-corrected chi connectivity index (χ0v) is 14.8. The van der Waals surface area contributed by atoms with Crippen LogP contribution in [0.15, 0.2) is 42.5 Å². The van der Waals surface area contributed by atoms with Crippen molar-refractivity contribution in [2.45, 2.75) is 24.9 Å². The number of hydrogen-bond donors (Lipinski definition) is 1. The third kappa shape index (κ3) is 3.46. The third-order valence-electron chi connectivity index (χ3n) is 5.11. The maximum Gasteiger partial charge on any atom is 0.433 e. The third-order valence-corrected chi connectivity index (χ3v) is 5.11. The van der Waals surface area contributed by atoms with Crippen molar-refractivity contribution in [1.82, 2.24) is 14.9 Å². The van der Waals surface area contributed by atoms with E-state index in [1.807, 2.05) is 0 Å². The van der Waals surface area contributed by atoms with Gasteiger partial charge in [0.15, 0.2) is 0 Å². The van der Waals surface area contributed by atoms with Crippen LogP contribution in [-0.4, -0.2) is 33.9 Å². The molecular weight excluding hydrogens is 374 g/mol. The van der Waals surface area contributed by atoms with E-state index in [-0.39, 0.29) is 22.9 Å². The molecule has 0 aliphatic carbocycles. The van der Waals surface area contributed by atoms with Crippen molar-refractivity contribution in [2.75, 3.05) is 13.1 Å². The Bertz CT molecular complexity index is 1020. The summed E-state index contributed by atoms with van der Waals surface area (Å²) in [5.41, 5.74) is 0.758. The van der Waals surface area contributed by atoms with Crippen molar-refractivity contribution in [2.24, 2.45) is 0 Å². The number of benzene rings is 1. The molecule has 3 heterocycles. The number of carbonyl (C=O) groups excluding carboxylic acids is 1. The molecule has 28 heavy (non-hydrogen) atoms. The van der Waals surface area contributed by atoms with Gasteiger partial charge in [0.05, 0.1) is 16.6 Å². The van der Waals surface area contributed by atoms with Gasteiger partial charge in [-0.05, 0) is 43.2 Å². The topological polar surface area (TPSA) is 49.0 Å². The number of amides is 1. The fourth-order valence-corrected chi connectivity index (χ4v) is 3.61. The van der Waals surface area contributed by atoms with Crippen LogP contribution >= 0.6 is 0 Å². The molecule has 1 aromatic carbocycles. The lowest BCUT2D eigenvalue weighted by molar-refractivity contribution is -0.140. The molecule has 1 N–H and O–H groups in total. The average Bonchev–Trinajstić information content (AvgIpc) is 3.11. The van der Waals surface area contributed by atoms with Crippen molar-refractivity contribution in [3.8, 4) is 0 Å². The second-order valence-electron chi connectivity index (χ2n) is 6.90. The number of H-pyrrole nitrogens is 1. The van der Waals surface area contributed by atoms with Crippen molar-refractivity contribution in [3.63, 3.8) is 0 Å². The number of likely N-dealkylation sites (tertiary alicyclic amines) is 1. The highest BCUT2D eigenvalue weighted by atomic mass is 19.4. The van der Waals surface area contributed by atoms with E-state index >= 15 is 0 Å². The highest BCUT2D eigenvalue weighted by molar-refractivity contribution is 5.94. The lowest BCUT2D eigenvalue weighted by Crippen LogP contribution is -2.38. The summed E-state index contributed by atoms with van der Waals surface area (Å²) in [5, 5.41) is 0. The van der Waals surface area contributed by atoms with Gasteiger partial charge in [-0.25, -0.2) is 9.37 Å². The Morgan fingerprint density at radius 3 is 2.50 bits per heavy atom. The molecule has 1 aliphatic rings. The summed E-state index contributed by atoms with van der Waals surface area (Å²) < 4.78 is 52.3. The van der Waals surface area contributed by atoms with Crippen LogP contribution in [0.1, 0.15) is 40.5 Å². The van der Waals surface area contributed by atoms with Gasteiger partial charge in [0, 0.05) is 24.7 Å². The fraction of sp³-hybridized carbons (Fsp3) is 0.300. The number of fused-ring (bicyclic) bond motifs is 1. The summed E-state index contributed by atoms with van der Waals surface area (Å²) in [6.07, 6.45) is -3.21.